The minimum absolute atomic E-state index is 0.0269. The summed E-state index contributed by atoms with van der Waals surface area (Å²) in [7, 11) is 0. The second kappa shape index (κ2) is 13.4. The lowest BCUT2D eigenvalue weighted by molar-refractivity contribution is 0.0141. The van der Waals surface area contributed by atoms with Crippen molar-refractivity contribution in [3.8, 4) is 0 Å². The van der Waals surface area contributed by atoms with Gasteiger partial charge in [0.2, 0.25) is 0 Å². The Kier molecular flexibility index (Phi) is 10.0. The quantitative estimate of drug-likeness (QED) is 0.333. The zero-order chi connectivity index (χ0) is 26.7. The van der Waals surface area contributed by atoms with Crippen molar-refractivity contribution in [2.24, 2.45) is 0 Å². The maximum absolute atomic E-state index is 12.6. The lowest BCUT2D eigenvalue weighted by Crippen LogP contribution is -2.53. The molecule has 10 heteroatoms. The van der Waals surface area contributed by atoms with E-state index in [2.05, 4.69) is 15.9 Å². The van der Waals surface area contributed by atoms with Gasteiger partial charge in [0.15, 0.2) is 0 Å². The first-order valence-electron chi connectivity index (χ1n) is 12.0. The van der Waals surface area contributed by atoms with Crippen LogP contribution in [0, 0.1) is 0 Å². The van der Waals surface area contributed by atoms with E-state index in [-0.39, 0.29) is 19.7 Å². The molecule has 0 spiro atoms. The topological polar surface area (TPSA) is 126 Å². The number of carbonyl (C=O) groups excluding carboxylic acids is 2. The van der Waals surface area contributed by atoms with Crippen LogP contribution in [-0.2, 0) is 29.0 Å². The SMILES string of the molecule is CC(C)(C)OC(=O)NN(Cc1cnoc1)C[C@H](O)[C@H](Cc1ccccc1)NC(=O)OCc1ccccc1. The maximum atomic E-state index is 12.6. The molecule has 0 unspecified atom stereocenters. The van der Waals surface area contributed by atoms with Crippen LogP contribution >= 0.6 is 0 Å². The first-order chi connectivity index (χ1) is 17.7. The average Bonchev–Trinajstić information content (AvgIpc) is 3.35. The van der Waals surface area contributed by atoms with Crippen LogP contribution in [-0.4, -0.2) is 51.8 Å². The van der Waals surface area contributed by atoms with Gasteiger partial charge in [0.1, 0.15) is 18.5 Å². The first-order valence-corrected chi connectivity index (χ1v) is 12.0. The van der Waals surface area contributed by atoms with E-state index in [4.69, 9.17) is 14.0 Å². The third kappa shape index (κ3) is 10.3. The Labute approximate surface area is 216 Å². The Morgan fingerprint density at radius 2 is 1.65 bits per heavy atom. The molecule has 2 atom stereocenters. The molecule has 1 aromatic heterocycles. The number of nitrogens with zero attached hydrogens (tertiary/aromatic N) is 2. The molecule has 2 amide bonds. The number of alkyl carbamates (subject to hydrolysis) is 1. The van der Waals surface area contributed by atoms with Crippen LogP contribution in [0.5, 0.6) is 0 Å². The molecule has 0 saturated heterocycles. The maximum Gasteiger partial charge on any atom is 0.422 e. The van der Waals surface area contributed by atoms with E-state index in [1.54, 1.807) is 20.8 Å². The van der Waals surface area contributed by atoms with Crippen molar-refractivity contribution >= 4 is 12.2 Å². The molecule has 198 valence electrons. The Balaban J connectivity index is 1.70. The zero-order valence-electron chi connectivity index (χ0n) is 21.3. The Morgan fingerprint density at radius 1 is 1.00 bits per heavy atom. The molecule has 0 bridgehead atoms. The van der Waals surface area contributed by atoms with Gasteiger partial charge in [-0.3, -0.25) is 5.43 Å². The third-order valence-electron chi connectivity index (χ3n) is 5.19. The number of benzene rings is 2. The second-order valence-corrected chi connectivity index (χ2v) is 9.60. The van der Waals surface area contributed by atoms with Gasteiger partial charge < -0.3 is 24.4 Å². The van der Waals surface area contributed by atoms with Crippen LogP contribution in [0.25, 0.3) is 0 Å². The molecular weight excluding hydrogens is 476 g/mol. The van der Waals surface area contributed by atoms with E-state index in [1.165, 1.54) is 17.5 Å². The van der Waals surface area contributed by atoms with Gasteiger partial charge in [0.05, 0.1) is 18.3 Å². The standard InChI is InChI=1S/C27H34N4O6/c1-27(2,3)37-26(34)30-31(16-22-15-28-36-19-22)17-24(32)23(14-20-10-6-4-7-11-20)29-25(33)35-18-21-12-8-5-9-13-21/h4-13,15,19,23-24,32H,14,16-18H2,1-3H3,(H,29,33)(H,30,34)/t23-,24-/m0/s1. The van der Waals surface area contributed by atoms with Crippen LogP contribution in [0.3, 0.4) is 0 Å². The average molecular weight is 511 g/mol. The van der Waals surface area contributed by atoms with Crippen molar-refractivity contribution in [3.63, 3.8) is 0 Å². The summed E-state index contributed by atoms with van der Waals surface area (Å²) in [6.07, 6.45) is 0.878. The van der Waals surface area contributed by atoms with Crippen molar-refractivity contribution in [2.75, 3.05) is 6.54 Å². The normalized spacial score (nSPS) is 13.0. The zero-order valence-corrected chi connectivity index (χ0v) is 21.3. The van der Waals surface area contributed by atoms with Gasteiger partial charge in [-0.2, -0.15) is 0 Å². The largest absolute Gasteiger partial charge is 0.445 e. The van der Waals surface area contributed by atoms with Gasteiger partial charge in [-0.05, 0) is 38.3 Å². The molecule has 0 aliphatic heterocycles. The molecule has 3 rings (SSSR count). The summed E-state index contributed by atoms with van der Waals surface area (Å²) >= 11 is 0. The molecule has 37 heavy (non-hydrogen) atoms. The van der Waals surface area contributed by atoms with Crippen LogP contribution in [0.2, 0.25) is 0 Å². The number of aromatic nitrogens is 1. The molecule has 3 N–H and O–H groups in total. The van der Waals surface area contributed by atoms with E-state index < -0.39 is 29.9 Å². The van der Waals surface area contributed by atoms with Gasteiger partial charge in [0.25, 0.3) is 0 Å². The van der Waals surface area contributed by atoms with Crippen molar-refractivity contribution in [1.29, 1.82) is 0 Å². The van der Waals surface area contributed by atoms with Gasteiger partial charge in [-0.1, -0.05) is 65.8 Å². The van der Waals surface area contributed by atoms with Crippen molar-refractivity contribution in [2.45, 2.75) is 58.1 Å². The predicted octanol–water partition coefficient (Wildman–Crippen LogP) is 3.81. The molecule has 0 fully saturated rings. The van der Waals surface area contributed by atoms with Gasteiger partial charge >= 0.3 is 12.2 Å². The fourth-order valence-corrected chi connectivity index (χ4v) is 3.53. The number of rotatable bonds is 11. The predicted molar refractivity (Wildman–Crippen MR) is 136 cm³/mol. The number of ether oxygens (including phenoxy) is 2. The minimum Gasteiger partial charge on any atom is -0.445 e. The molecule has 0 aliphatic rings. The first kappa shape index (κ1) is 27.7. The highest BCUT2D eigenvalue weighted by Gasteiger charge is 2.27. The lowest BCUT2D eigenvalue weighted by atomic mass is 10.0. The summed E-state index contributed by atoms with van der Waals surface area (Å²) in [5.41, 5.74) is 4.40. The number of hydrogen-bond acceptors (Lipinski definition) is 8. The van der Waals surface area contributed by atoms with E-state index in [0.717, 1.165) is 11.1 Å². The smallest absolute Gasteiger partial charge is 0.422 e. The molecule has 2 aromatic carbocycles. The highest BCUT2D eigenvalue weighted by Crippen LogP contribution is 2.12. The molecule has 0 aliphatic carbocycles. The van der Waals surface area contributed by atoms with Gasteiger partial charge in [-0.15, -0.1) is 0 Å². The fraction of sp³-hybridized carbons (Fsp3) is 0.370. The van der Waals surface area contributed by atoms with Crippen LogP contribution < -0.4 is 10.7 Å². The number of hydrazine groups is 1. The highest BCUT2D eigenvalue weighted by atomic mass is 16.6. The molecular formula is C27H34N4O6. The van der Waals surface area contributed by atoms with Crippen molar-refractivity contribution in [1.82, 2.24) is 20.9 Å². The summed E-state index contributed by atoms with van der Waals surface area (Å²) in [5.74, 6) is 0. The number of aliphatic hydroxyl groups is 1. The van der Waals surface area contributed by atoms with E-state index in [1.807, 2.05) is 60.7 Å². The van der Waals surface area contributed by atoms with Crippen molar-refractivity contribution < 1.29 is 28.7 Å². The number of aliphatic hydroxyl groups excluding tert-OH is 1. The van der Waals surface area contributed by atoms with Gasteiger partial charge in [-0.25, -0.2) is 14.6 Å². The third-order valence-corrected chi connectivity index (χ3v) is 5.19. The number of hydrogen-bond donors (Lipinski definition) is 3. The van der Waals surface area contributed by atoms with E-state index in [0.29, 0.717) is 12.0 Å². The van der Waals surface area contributed by atoms with Gasteiger partial charge in [0, 0.05) is 18.7 Å². The summed E-state index contributed by atoms with van der Waals surface area (Å²) in [6.45, 7) is 5.53. The fourth-order valence-electron chi connectivity index (χ4n) is 3.53. The minimum atomic E-state index is -1.08. The van der Waals surface area contributed by atoms with E-state index >= 15 is 0 Å². The number of nitrogens with one attached hydrogen (secondary N) is 2. The van der Waals surface area contributed by atoms with Crippen LogP contribution in [0.4, 0.5) is 9.59 Å². The number of carbonyl (C=O) groups is 2. The summed E-state index contributed by atoms with van der Waals surface area (Å²) in [6, 6.07) is 18.1. The highest BCUT2D eigenvalue weighted by molar-refractivity contribution is 5.68. The molecule has 0 saturated carbocycles. The summed E-state index contributed by atoms with van der Waals surface area (Å²) < 4.78 is 15.6. The van der Waals surface area contributed by atoms with Crippen molar-refractivity contribution in [3.05, 3.63) is 89.8 Å². The summed E-state index contributed by atoms with van der Waals surface area (Å²) in [4.78, 5) is 25.1. The Morgan fingerprint density at radius 3 is 2.24 bits per heavy atom. The second-order valence-electron chi connectivity index (χ2n) is 9.60. The Bertz CT molecular complexity index is 1090. The molecule has 10 nitrogen and oxygen atoms in total. The Hall–Kier alpha value is -3.89. The monoisotopic (exact) mass is 510 g/mol. The lowest BCUT2D eigenvalue weighted by Gasteiger charge is -2.30. The van der Waals surface area contributed by atoms with Crippen LogP contribution in [0.15, 0.2) is 77.6 Å². The van der Waals surface area contributed by atoms with Crippen LogP contribution in [0.1, 0.15) is 37.5 Å². The summed E-state index contributed by atoms with van der Waals surface area (Å²) in [5, 5.41) is 19.2. The molecule has 0 radical (unpaired) electrons. The molecule has 3 aromatic rings. The number of amides is 2. The van der Waals surface area contributed by atoms with E-state index in [9.17, 15) is 14.7 Å². The molecule has 1 heterocycles.